The van der Waals surface area contributed by atoms with Gasteiger partial charge in [-0.15, -0.1) is 0 Å². The van der Waals surface area contributed by atoms with Crippen LogP contribution in [0.1, 0.15) is 25.6 Å². The van der Waals surface area contributed by atoms with Crippen LogP contribution < -0.4 is 0 Å². The number of aryl methyl sites for hydroxylation is 1. The Morgan fingerprint density at radius 2 is 2.39 bits per heavy atom. The normalized spacial score (nSPS) is 20.4. The molecule has 1 atom stereocenters. The highest BCUT2D eigenvalue weighted by atomic mass is 35.7. The lowest BCUT2D eigenvalue weighted by atomic mass is 10.1. The van der Waals surface area contributed by atoms with Gasteiger partial charge in [-0.3, -0.25) is 0 Å². The second-order valence-corrected chi connectivity index (χ2v) is 7.08. The van der Waals surface area contributed by atoms with Gasteiger partial charge >= 0.3 is 0 Å². The Morgan fingerprint density at radius 1 is 1.61 bits per heavy atom. The number of imidazole rings is 1. The highest BCUT2D eigenvalue weighted by Crippen LogP contribution is 2.20. The van der Waals surface area contributed by atoms with Gasteiger partial charge in [-0.05, 0) is 12.8 Å². The van der Waals surface area contributed by atoms with Gasteiger partial charge in [0.25, 0.3) is 9.05 Å². The molecule has 1 saturated heterocycles. The number of halogens is 1. The minimum absolute atomic E-state index is 0.0495. The van der Waals surface area contributed by atoms with Crippen LogP contribution in [0.15, 0.2) is 11.2 Å². The molecule has 1 aliphatic rings. The predicted octanol–water partition coefficient (Wildman–Crippen LogP) is 1.80. The Kier molecular flexibility index (Phi) is 4.29. The first-order valence-corrected chi connectivity index (χ1v) is 8.40. The molecule has 1 aromatic rings. The zero-order valence-electron chi connectivity index (χ0n) is 10.3. The van der Waals surface area contributed by atoms with Crippen LogP contribution in [0.2, 0.25) is 0 Å². The monoisotopic (exact) mass is 292 g/mol. The summed E-state index contributed by atoms with van der Waals surface area (Å²) in [5, 5.41) is -0.0495. The molecule has 0 saturated carbocycles. The van der Waals surface area contributed by atoms with Crippen molar-refractivity contribution >= 4 is 19.7 Å². The third-order valence-corrected chi connectivity index (χ3v) is 4.21. The van der Waals surface area contributed by atoms with Crippen molar-refractivity contribution in [2.45, 2.75) is 37.8 Å². The summed E-state index contributed by atoms with van der Waals surface area (Å²) in [6, 6.07) is 0. The van der Waals surface area contributed by atoms with Gasteiger partial charge in [-0.25, -0.2) is 13.4 Å². The Labute approximate surface area is 112 Å². The molecule has 0 radical (unpaired) electrons. The maximum atomic E-state index is 11.3. The SMILES string of the molecule is CCCc1nc(S(=O)(=O)Cl)cn1CC1CCOC1. The summed E-state index contributed by atoms with van der Waals surface area (Å²) >= 11 is 0. The maximum absolute atomic E-state index is 11.3. The summed E-state index contributed by atoms with van der Waals surface area (Å²) in [6.07, 6.45) is 4.21. The molecule has 2 rings (SSSR count). The van der Waals surface area contributed by atoms with Crippen molar-refractivity contribution in [3.05, 3.63) is 12.0 Å². The van der Waals surface area contributed by atoms with Crippen molar-refractivity contribution < 1.29 is 13.2 Å². The fourth-order valence-electron chi connectivity index (χ4n) is 2.13. The van der Waals surface area contributed by atoms with E-state index in [-0.39, 0.29) is 5.03 Å². The van der Waals surface area contributed by atoms with Gasteiger partial charge < -0.3 is 9.30 Å². The molecule has 18 heavy (non-hydrogen) atoms. The summed E-state index contributed by atoms with van der Waals surface area (Å²) in [5.41, 5.74) is 0. The van der Waals surface area contributed by atoms with Crippen molar-refractivity contribution in [3.8, 4) is 0 Å². The van der Waals surface area contributed by atoms with E-state index in [1.165, 1.54) is 6.20 Å². The molecule has 5 nitrogen and oxygen atoms in total. The molecule has 0 bridgehead atoms. The van der Waals surface area contributed by atoms with Gasteiger partial charge in [0.05, 0.1) is 6.61 Å². The van der Waals surface area contributed by atoms with Crippen LogP contribution in [0.25, 0.3) is 0 Å². The molecule has 2 heterocycles. The van der Waals surface area contributed by atoms with Crippen LogP contribution >= 0.6 is 10.7 Å². The van der Waals surface area contributed by atoms with Crippen molar-refractivity contribution in [1.82, 2.24) is 9.55 Å². The second kappa shape index (κ2) is 5.59. The standard InChI is InChI=1S/C11H17ClN2O3S/c1-2-3-10-13-11(18(12,15)16)7-14(10)6-9-4-5-17-8-9/h7,9H,2-6,8H2,1H3. The van der Waals surface area contributed by atoms with E-state index in [1.807, 2.05) is 11.5 Å². The first kappa shape index (κ1) is 13.8. The molecule has 0 aliphatic carbocycles. The number of nitrogens with zero attached hydrogens (tertiary/aromatic N) is 2. The quantitative estimate of drug-likeness (QED) is 0.777. The molecular formula is C11H17ClN2O3S. The van der Waals surface area contributed by atoms with Crippen molar-refractivity contribution in [1.29, 1.82) is 0 Å². The summed E-state index contributed by atoms with van der Waals surface area (Å²) in [5.74, 6) is 1.21. The predicted molar refractivity (Wildman–Crippen MR) is 68.2 cm³/mol. The van der Waals surface area contributed by atoms with E-state index >= 15 is 0 Å². The smallest absolute Gasteiger partial charge is 0.280 e. The highest BCUT2D eigenvalue weighted by Gasteiger charge is 2.21. The van der Waals surface area contributed by atoms with Gasteiger partial charge in [-0.1, -0.05) is 6.92 Å². The van der Waals surface area contributed by atoms with Gasteiger partial charge in [0, 0.05) is 42.4 Å². The summed E-state index contributed by atoms with van der Waals surface area (Å²) in [4.78, 5) is 4.12. The van der Waals surface area contributed by atoms with E-state index in [0.717, 1.165) is 44.8 Å². The van der Waals surface area contributed by atoms with Crippen molar-refractivity contribution in [3.63, 3.8) is 0 Å². The Hall–Kier alpha value is -0.590. The highest BCUT2D eigenvalue weighted by molar-refractivity contribution is 8.13. The molecule has 1 aromatic heterocycles. The van der Waals surface area contributed by atoms with Crippen LogP contribution in [0.5, 0.6) is 0 Å². The Morgan fingerprint density at radius 3 is 2.94 bits per heavy atom. The first-order valence-electron chi connectivity index (χ1n) is 6.09. The number of hydrogen-bond donors (Lipinski definition) is 0. The molecule has 1 fully saturated rings. The molecule has 102 valence electrons. The second-order valence-electron chi connectivity index (χ2n) is 4.57. The number of aromatic nitrogens is 2. The Balaban J connectivity index is 2.23. The molecular weight excluding hydrogens is 276 g/mol. The zero-order valence-corrected chi connectivity index (χ0v) is 11.9. The van der Waals surface area contributed by atoms with Crippen molar-refractivity contribution in [2.75, 3.05) is 13.2 Å². The van der Waals surface area contributed by atoms with E-state index < -0.39 is 9.05 Å². The zero-order chi connectivity index (χ0) is 13.2. The van der Waals surface area contributed by atoms with E-state index in [1.54, 1.807) is 0 Å². The average Bonchev–Trinajstić information content (AvgIpc) is 2.89. The van der Waals surface area contributed by atoms with Gasteiger partial charge in [-0.2, -0.15) is 0 Å². The van der Waals surface area contributed by atoms with E-state index in [0.29, 0.717) is 5.92 Å². The van der Waals surface area contributed by atoms with Crippen LogP contribution in [0.3, 0.4) is 0 Å². The lowest BCUT2D eigenvalue weighted by Crippen LogP contribution is -2.12. The van der Waals surface area contributed by atoms with Gasteiger partial charge in [0.2, 0.25) is 0 Å². The van der Waals surface area contributed by atoms with Gasteiger partial charge in [0.15, 0.2) is 5.03 Å². The van der Waals surface area contributed by atoms with E-state index in [2.05, 4.69) is 4.98 Å². The van der Waals surface area contributed by atoms with Gasteiger partial charge in [0.1, 0.15) is 5.82 Å². The summed E-state index contributed by atoms with van der Waals surface area (Å²) < 4.78 is 29.8. The number of hydrogen-bond acceptors (Lipinski definition) is 4. The minimum atomic E-state index is -3.75. The Bertz CT molecular complexity index is 506. The van der Waals surface area contributed by atoms with Crippen LogP contribution in [0, 0.1) is 5.92 Å². The third-order valence-electron chi connectivity index (χ3n) is 3.04. The molecule has 0 spiro atoms. The fraction of sp³-hybridized carbons (Fsp3) is 0.727. The lowest BCUT2D eigenvalue weighted by Gasteiger charge is -2.11. The molecule has 7 heteroatoms. The molecule has 0 amide bonds. The molecule has 0 N–H and O–H groups in total. The summed E-state index contributed by atoms with van der Waals surface area (Å²) in [7, 11) is 1.58. The largest absolute Gasteiger partial charge is 0.381 e. The molecule has 1 aliphatic heterocycles. The van der Waals surface area contributed by atoms with Crippen molar-refractivity contribution in [2.24, 2.45) is 5.92 Å². The topological polar surface area (TPSA) is 61.2 Å². The molecule has 1 unspecified atom stereocenters. The minimum Gasteiger partial charge on any atom is -0.381 e. The van der Waals surface area contributed by atoms with Crippen LogP contribution in [0.4, 0.5) is 0 Å². The molecule has 0 aromatic carbocycles. The maximum Gasteiger partial charge on any atom is 0.280 e. The number of ether oxygens (including phenoxy) is 1. The van der Waals surface area contributed by atoms with E-state index in [9.17, 15) is 8.42 Å². The number of rotatable bonds is 5. The third kappa shape index (κ3) is 3.24. The summed E-state index contributed by atoms with van der Waals surface area (Å²) in [6.45, 7) is 4.29. The lowest BCUT2D eigenvalue weighted by molar-refractivity contribution is 0.182. The first-order chi connectivity index (χ1) is 8.50. The average molecular weight is 293 g/mol. The van der Waals surface area contributed by atoms with Crippen LogP contribution in [-0.4, -0.2) is 31.2 Å². The van der Waals surface area contributed by atoms with E-state index in [4.69, 9.17) is 15.4 Å². The van der Waals surface area contributed by atoms with Crippen LogP contribution in [-0.2, 0) is 26.8 Å². The fourth-order valence-corrected chi connectivity index (χ4v) is 2.82.